The summed E-state index contributed by atoms with van der Waals surface area (Å²) in [6, 6.07) is 6.34. The van der Waals surface area contributed by atoms with E-state index in [0.29, 0.717) is 16.9 Å². The quantitative estimate of drug-likeness (QED) is 0.843. The van der Waals surface area contributed by atoms with E-state index in [9.17, 15) is 9.50 Å². The summed E-state index contributed by atoms with van der Waals surface area (Å²) in [6.07, 6.45) is 0.834. The first-order chi connectivity index (χ1) is 8.13. The Morgan fingerprint density at radius 2 is 2.18 bits per heavy atom. The second-order valence-corrected chi connectivity index (χ2v) is 3.82. The van der Waals surface area contributed by atoms with Gasteiger partial charge in [-0.05, 0) is 19.1 Å². The van der Waals surface area contributed by atoms with E-state index in [4.69, 9.17) is 5.73 Å². The third-order valence-electron chi connectivity index (χ3n) is 2.62. The average Bonchev–Trinajstić information content (AvgIpc) is 2.71. The predicted octanol–water partition coefficient (Wildman–Crippen LogP) is 1.31. The second kappa shape index (κ2) is 4.65. The van der Waals surface area contributed by atoms with Crippen LogP contribution < -0.4 is 5.73 Å². The number of halogens is 1. The lowest BCUT2D eigenvalue weighted by atomic mass is 10.1. The molecule has 2 rings (SSSR count). The molecule has 90 valence electrons. The zero-order valence-corrected chi connectivity index (χ0v) is 9.47. The van der Waals surface area contributed by atoms with Crippen LogP contribution in [-0.4, -0.2) is 21.4 Å². The smallest absolute Gasteiger partial charge is 0.148 e. The maximum atomic E-state index is 13.6. The maximum Gasteiger partial charge on any atom is 0.148 e. The predicted molar refractivity (Wildman–Crippen MR) is 62.3 cm³/mol. The van der Waals surface area contributed by atoms with Crippen molar-refractivity contribution in [2.24, 2.45) is 5.73 Å². The molecule has 1 unspecified atom stereocenters. The SMILES string of the molecule is Cc1nn(-c2ccccc2F)cc1C(O)CN. The molecule has 0 aliphatic carbocycles. The normalized spacial score (nSPS) is 12.7. The number of para-hydroxylation sites is 1. The molecule has 0 aliphatic heterocycles. The Balaban J connectivity index is 2.45. The number of aliphatic hydroxyl groups excluding tert-OH is 1. The number of aryl methyl sites for hydroxylation is 1. The molecule has 2 aromatic rings. The van der Waals surface area contributed by atoms with Crippen LogP contribution in [0.25, 0.3) is 5.69 Å². The molecule has 1 aromatic carbocycles. The molecular formula is C12H14FN3O. The Hall–Kier alpha value is -1.72. The Morgan fingerprint density at radius 1 is 1.47 bits per heavy atom. The molecule has 0 fully saturated rings. The summed E-state index contributed by atoms with van der Waals surface area (Å²) in [4.78, 5) is 0. The van der Waals surface area contributed by atoms with E-state index in [1.54, 1.807) is 31.3 Å². The van der Waals surface area contributed by atoms with E-state index >= 15 is 0 Å². The van der Waals surface area contributed by atoms with Gasteiger partial charge in [-0.15, -0.1) is 0 Å². The van der Waals surface area contributed by atoms with Crippen molar-refractivity contribution in [2.45, 2.75) is 13.0 Å². The van der Waals surface area contributed by atoms with Crippen molar-refractivity contribution >= 4 is 0 Å². The number of nitrogens with zero attached hydrogens (tertiary/aromatic N) is 2. The summed E-state index contributed by atoms with van der Waals surface area (Å²) < 4.78 is 15.0. The minimum atomic E-state index is -0.768. The van der Waals surface area contributed by atoms with Gasteiger partial charge in [-0.1, -0.05) is 12.1 Å². The fraction of sp³-hybridized carbons (Fsp3) is 0.250. The Bertz CT molecular complexity index is 524. The number of benzene rings is 1. The summed E-state index contributed by atoms with van der Waals surface area (Å²) >= 11 is 0. The van der Waals surface area contributed by atoms with Crippen LogP contribution in [0.3, 0.4) is 0 Å². The van der Waals surface area contributed by atoms with Gasteiger partial charge in [-0.25, -0.2) is 9.07 Å². The first-order valence-corrected chi connectivity index (χ1v) is 5.32. The lowest BCUT2D eigenvalue weighted by Crippen LogP contribution is -2.11. The van der Waals surface area contributed by atoms with E-state index in [0.717, 1.165) is 0 Å². The van der Waals surface area contributed by atoms with Gasteiger partial charge in [-0.3, -0.25) is 0 Å². The molecule has 0 saturated heterocycles. The van der Waals surface area contributed by atoms with E-state index in [-0.39, 0.29) is 12.4 Å². The highest BCUT2D eigenvalue weighted by Crippen LogP contribution is 2.19. The lowest BCUT2D eigenvalue weighted by molar-refractivity contribution is 0.186. The summed E-state index contributed by atoms with van der Waals surface area (Å²) in [7, 11) is 0. The van der Waals surface area contributed by atoms with E-state index in [1.165, 1.54) is 10.7 Å². The molecule has 1 heterocycles. The first kappa shape index (κ1) is 11.8. The highest BCUT2D eigenvalue weighted by molar-refractivity contribution is 5.34. The van der Waals surface area contributed by atoms with E-state index in [2.05, 4.69) is 5.10 Å². The maximum absolute atomic E-state index is 13.6. The van der Waals surface area contributed by atoms with Gasteiger partial charge in [0.15, 0.2) is 0 Å². The lowest BCUT2D eigenvalue weighted by Gasteiger charge is -2.04. The topological polar surface area (TPSA) is 64.1 Å². The number of hydrogen-bond acceptors (Lipinski definition) is 3. The number of rotatable bonds is 3. The van der Waals surface area contributed by atoms with Crippen LogP contribution in [0.4, 0.5) is 4.39 Å². The minimum Gasteiger partial charge on any atom is -0.387 e. The Kier molecular flexibility index (Phi) is 3.21. The van der Waals surface area contributed by atoms with Gasteiger partial charge in [0.25, 0.3) is 0 Å². The summed E-state index contributed by atoms with van der Waals surface area (Å²) in [5, 5.41) is 13.8. The summed E-state index contributed by atoms with van der Waals surface area (Å²) in [6.45, 7) is 1.87. The van der Waals surface area contributed by atoms with Crippen molar-refractivity contribution in [3.63, 3.8) is 0 Å². The molecule has 3 N–H and O–H groups in total. The van der Waals surface area contributed by atoms with Crippen LogP contribution in [-0.2, 0) is 0 Å². The van der Waals surface area contributed by atoms with Gasteiger partial charge < -0.3 is 10.8 Å². The van der Waals surface area contributed by atoms with Crippen LogP contribution in [0.2, 0.25) is 0 Å². The van der Waals surface area contributed by atoms with Gasteiger partial charge in [0, 0.05) is 18.3 Å². The first-order valence-electron chi connectivity index (χ1n) is 5.32. The zero-order valence-electron chi connectivity index (χ0n) is 9.47. The van der Waals surface area contributed by atoms with Crippen molar-refractivity contribution in [2.75, 3.05) is 6.54 Å². The van der Waals surface area contributed by atoms with Gasteiger partial charge in [0.2, 0.25) is 0 Å². The number of hydrogen-bond donors (Lipinski definition) is 2. The fourth-order valence-corrected chi connectivity index (χ4v) is 1.69. The molecule has 5 heteroatoms. The van der Waals surface area contributed by atoms with Crippen LogP contribution in [0.1, 0.15) is 17.4 Å². The van der Waals surface area contributed by atoms with Crippen LogP contribution in [0.5, 0.6) is 0 Å². The third kappa shape index (κ3) is 2.20. The fourth-order valence-electron chi connectivity index (χ4n) is 1.69. The molecule has 0 bridgehead atoms. The second-order valence-electron chi connectivity index (χ2n) is 3.82. The van der Waals surface area contributed by atoms with Crippen molar-refractivity contribution in [3.8, 4) is 5.69 Å². The van der Waals surface area contributed by atoms with Crippen LogP contribution in [0.15, 0.2) is 30.5 Å². The molecule has 0 radical (unpaired) electrons. The van der Waals surface area contributed by atoms with Crippen molar-refractivity contribution in [1.82, 2.24) is 9.78 Å². The summed E-state index contributed by atoms with van der Waals surface area (Å²) in [5.74, 6) is -0.358. The standard InChI is InChI=1S/C12H14FN3O/c1-8-9(12(17)6-14)7-16(15-8)11-5-3-2-4-10(11)13/h2-5,7,12,17H,6,14H2,1H3. The molecule has 0 amide bonds. The highest BCUT2D eigenvalue weighted by atomic mass is 19.1. The molecule has 4 nitrogen and oxygen atoms in total. The summed E-state index contributed by atoms with van der Waals surface area (Å²) in [5.41, 5.74) is 7.01. The van der Waals surface area contributed by atoms with Gasteiger partial charge in [-0.2, -0.15) is 5.10 Å². The largest absolute Gasteiger partial charge is 0.387 e. The van der Waals surface area contributed by atoms with Gasteiger partial charge in [0.05, 0.1) is 11.8 Å². The monoisotopic (exact) mass is 235 g/mol. The van der Waals surface area contributed by atoms with E-state index in [1.807, 2.05) is 0 Å². The van der Waals surface area contributed by atoms with Crippen LogP contribution >= 0.6 is 0 Å². The van der Waals surface area contributed by atoms with Gasteiger partial charge >= 0.3 is 0 Å². The molecule has 0 saturated carbocycles. The highest BCUT2D eigenvalue weighted by Gasteiger charge is 2.14. The molecule has 1 atom stereocenters. The number of aromatic nitrogens is 2. The number of nitrogens with two attached hydrogens (primary N) is 1. The molecule has 0 aliphatic rings. The van der Waals surface area contributed by atoms with Crippen molar-refractivity contribution < 1.29 is 9.50 Å². The minimum absolute atomic E-state index is 0.115. The molecule has 0 spiro atoms. The van der Waals surface area contributed by atoms with Gasteiger partial charge in [0.1, 0.15) is 11.5 Å². The molecular weight excluding hydrogens is 221 g/mol. The average molecular weight is 235 g/mol. The van der Waals surface area contributed by atoms with E-state index < -0.39 is 6.10 Å². The Morgan fingerprint density at radius 3 is 2.82 bits per heavy atom. The zero-order chi connectivity index (χ0) is 12.4. The van der Waals surface area contributed by atoms with Crippen molar-refractivity contribution in [3.05, 3.63) is 47.5 Å². The third-order valence-corrected chi connectivity index (χ3v) is 2.62. The number of aliphatic hydroxyl groups is 1. The molecule has 17 heavy (non-hydrogen) atoms. The Labute approximate surface area is 98.5 Å². The van der Waals surface area contributed by atoms with Crippen molar-refractivity contribution in [1.29, 1.82) is 0 Å². The van der Waals surface area contributed by atoms with Crippen LogP contribution in [0, 0.1) is 12.7 Å². The molecule has 1 aromatic heterocycles.